The molecule has 2 rings (SSSR count). The van der Waals surface area contributed by atoms with Crippen LogP contribution >= 0.6 is 11.6 Å². The van der Waals surface area contributed by atoms with Crippen molar-refractivity contribution in [3.63, 3.8) is 0 Å². The van der Waals surface area contributed by atoms with E-state index in [0.717, 1.165) is 12.6 Å². The smallest absolute Gasteiger partial charge is 0.179 e. The fourth-order valence-corrected chi connectivity index (χ4v) is 2.90. The molecule has 0 spiro atoms. The van der Waals surface area contributed by atoms with E-state index in [1.165, 1.54) is 31.2 Å². The molecular weight excluding hydrogens is 250 g/mol. The molecule has 1 fully saturated rings. The van der Waals surface area contributed by atoms with Gasteiger partial charge in [-0.15, -0.1) is 0 Å². The number of quaternary nitrogens is 1. The quantitative estimate of drug-likeness (QED) is 0.892. The first-order valence-corrected chi connectivity index (χ1v) is 6.86. The lowest BCUT2D eigenvalue weighted by atomic mass is 10.1. The maximum absolute atomic E-state index is 6.19. The summed E-state index contributed by atoms with van der Waals surface area (Å²) < 4.78 is 10.5. The summed E-state index contributed by atoms with van der Waals surface area (Å²) >= 11 is 6.19. The average molecular weight is 271 g/mol. The summed E-state index contributed by atoms with van der Waals surface area (Å²) in [6.07, 6.45) is 5.41. The molecular formula is C14H21ClNO2+. The molecule has 0 saturated heterocycles. The molecule has 0 unspecified atom stereocenters. The topological polar surface area (TPSA) is 35.1 Å². The summed E-state index contributed by atoms with van der Waals surface area (Å²) in [6.45, 7) is 0.949. The summed E-state index contributed by atoms with van der Waals surface area (Å²) in [5.41, 5.74) is 1.18. The Morgan fingerprint density at radius 3 is 2.56 bits per heavy atom. The Balaban J connectivity index is 2.05. The zero-order chi connectivity index (χ0) is 13.0. The second kappa shape index (κ2) is 6.30. The molecule has 4 heteroatoms. The van der Waals surface area contributed by atoms with Crippen LogP contribution in [0.25, 0.3) is 0 Å². The van der Waals surface area contributed by atoms with Gasteiger partial charge in [0.25, 0.3) is 0 Å². The summed E-state index contributed by atoms with van der Waals surface area (Å²) in [7, 11) is 3.24. The number of rotatable bonds is 5. The highest BCUT2D eigenvalue weighted by atomic mass is 35.5. The molecule has 2 N–H and O–H groups in total. The summed E-state index contributed by atoms with van der Waals surface area (Å²) in [6, 6.07) is 4.75. The first-order valence-electron chi connectivity index (χ1n) is 6.48. The Kier molecular flexibility index (Phi) is 4.72. The molecule has 1 aromatic rings. The molecule has 0 atom stereocenters. The van der Waals surface area contributed by atoms with E-state index in [1.54, 1.807) is 14.2 Å². The fraction of sp³-hybridized carbons (Fsp3) is 0.571. The number of hydrogen-bond donors (Lipinski definition) is 1. The van der Waals surface area contributed by atoms with E-state index in [9.17, 15) is 0 Å². The van der Waals surface area contributed by atoms with Gasteiger partial charge in [0, 0.05) is 5.56 Å². The van der Waals surface area contributed by atoms with Crippen molar-refractivity contribution >= 4 is 11.6 Å². The van der Waals surface area contributed by atoms with Crippen LogP contribution in [-0.2, 0) is 6.54 Å². The van der Waals surface area contributed by atoms with Crippen molar-refractivity contribution in [1.82, 2.24) is 0 Å². The largest absolute Gasteiger partial charge is 0.493 e. The number of benzene rings is 1. The van der Waals surface area contributed by atoms with E-state index in [4.69, 9.17) is 21.1 Å². The average Bonchev–Trinajstić information content (AvgIpc) is 2.88. The maximum atomic E-state index is 6.19. The van der Waals surface area contributed by atoms with Gasteiger partial charge in [-0.1, -0.05) is 11.6 Å². The van der Waals surface area contributed by atoms with Crippen LogP contribution in [0.2, 0.25) is 5.02 Å². The molecule has 1 aliphatic rings. The molecule has 1 aliphatic carbocycles. The first kappa shape index (κ1) is 13.5. The highest BCUT2D eigenvalue weighted by Crippen LogP contribution is 2.35. The van der Waals surface area contributed by atoms with Crippen molar-refractivity contribution in [3.8, 4) is 11.5 Å². The molecule has 0 bridgehead atoms. The number of methoxy groups -OCH3 is 2. The molecule has 0 amide bonds. The highest BCUT2D eigenvalue weighted by molar-refractivity contribution is 6.32. The molecule has 1 aromatic carbocycles. The molecule has 0 aromatic heterocycles. The fourth-order valence-electron chi connectivity index (χ4n) is 2.59. The minimum Gasteiger partial charge on any atom is -0.493 e. The number of ether oxygens (including phenoxy) is 2. The van der Waals surface area contributed by atoms with Gasteiger partial charge in [-0.2, -0.15) is 0 Å². The van der Waals surface area contributed by atoms with Crippen LogP contribution in [0.15, 0.2) is 12.1 Å². The van der Waals surface area contributed by atoms with E-state index in [0.29, 0.717) is 16.5 Å². The monoisotopic (exact) mass is 270 g/mol. The van der Waals surface area contributed by atoms with E-state index in [2.05, 4.69) is 5.32 Å². The van der Waals surface area contributed by atoms with Gasteiger partial charge in [0.1, 0.15) is 6.54 Å². The number of hydrogen-bond acceptors (Lipinski definition) is 2. The third kappa shape index (κ3) is 3.09. The normalized spacial score (nSPS) is 15.9. The lowest BCUT2D eigenvalue weighted by Gasteiger charge is -2.13. The molecule has 0 radical (unpaired) electrons. The minimum absolute atomic E-state index is 0.615. The SMILES string of the molecule is COc1cc(C[NH2+]C2CCCC2)cc(Cl)c1OC. The Bertz CT molecular complexity index is 403. The van der Waals surface area contributed by atoms with Crippen molar-refractivity contribution in [2.45, 2.75) is 38.3 Å². The van der Waals surface area contributed by atoms with Crippen LogP contribution in [0.5, 0.6) is 11.5 Å². The number of halogens is 1. The van der Waals surface area contributed by atoms with Crippen LogP contribution in [0.3, 0.4) is 0 Å². The van der Waals surface area contributed by atoms with Crippen LogP contribution in [0, 0.1) is 0 Å². The zero-order valence-corrected chi connectivity index (χ0v) is 11.8. The molecule has 1 saturated carbocycles. The molecule has 18 heavy (non-hydrogen) atoms. The van der Waals surface area contributed by atoms with Crippen LogP contribution < -0.4 is 14.8 Å². The Hall–Kier alpha value is -0.930. The van der Waals surface area contributed by atoms with Gasteiger partial charge < -0.3 is 14.8 Å². The Labute approximate surface area is 113 Å². The van der Waals surface area contributed by atoms with Gasteiger partial charge in [-0.05, 0) is 37.8 Å². The summed E-state index contributed by atoms with van der Waals surface area (Å²) in [5, 5.41) is 3.02. The predicted molar refractivity (Wildman–Crippen MR) is 72.4 cm³/mol. The van der Waals surface area contributed by atoms with Gasteiger partial charge in [0.2, 0.25) is 0 Å². The van der Waals surface area contributed by atoms with Crippen molar-refractivity contribution in [2.24, 2.45) is 0 Å². The summed E-state index contributed by atoms with van der Waals surface area (Å²) in [4.78, 5) is 0. The zero-order valence-electron chi connectivity index (χ0n) is 11.0. The van der Waals surface area contributed by atoms with Crippen molar-refractivity contribution < 1.29 is 14.8 Å². The second-order valence-electron chi connectivity index (χ2n) is 4.80. The second-order valence-corrected chi connectivity index (χ2v) is 5.20. The minimum atomic E-state index is 0.615. The Morgan fingerprint density at radius 1 is 1.22 bits per heavy atom. The van der Waals surface area contributed by atoms with E-state index >= 15 is 0 Å². The number of nitrogens with two attached hydrogens (primary N) is 1. The van der Waals surface area contributed by atoms with Crippen molar-refractivity contribution in [3.05, 3.63) is 22.7 Å². The van der Waals surface area contributed by atoms with Crippen molar-refractivity contribution in [2.75, 3.05) is 14.2 Å². The lowest BCUT2D eigenvalue weighted by molar-refractivity contribution is -0.703. The van der Waals surface area contributed by atoms with Gasteiger partial charge in [-0.25, -0.2) is 0 Å². The van der Waals surface area contributed by atoms with Crippen LogP contribution in [0.4, 0.5) is 0 Å². The van der Waals surface area contributed by atoms with Gasteiger partial charge in [-0.3, -0.25) is 0 Å². The standard InChI is InChI=1S/C14H20ClNO2/c1-17-13-8-10(7-12(15)14(13)18-2)9-16-11-5-3-4-6-11/h7-8,11,16H,3-6,9H2,1-2H3/p+1. The maximum Gasteiger partial charge on any atom is 0.179 e. The summed E-state index contributed by atoms with van der Waals surface area (Å²) in [5.74, 6) is 1.32. The van der Waals surface area contributed by atoms with E-state index < -0.39 is 0 Å². The highest BCUT2D eigenvalue weighted by Gasteiger charge is 2.18. The lowest BCUT2D eigenvalue weighted by Crippen LogP contribution is -2.87. The predicted octanol–water partition coefficient (Wildman–Crippen LogP) is 2.36. The van der Waals surface area contributed by atoms with E-state index in [-0.39, 0.29) is 0 Å². The van der Waals surface area contributed by atoms with Crippen molar-refractivity contribution in [1.29, 1.82) is 0 Å². The van der Waals surface area contributed by atoms with Crippen LogP contribution in [0.1, 0.15) is 31.2 Å². The third-order valence-electron chi connectivity index (χ3n) is 3.58. The molecule has 3 nitrogen and oxygen atoms in total. The molecule has 0 heterocycles. The van der Waals surface area contributed by atoms with Gasteiger partial charge in [0.15, 0.2) is 11.5 Å². The first-order chi connectivity index (χ1) is 8.74. The Morgan fingerprint density at radius 2 is 1.94 bits per heavy atom. The van der Waals surface area contributed by atoms with Gasteiger partial charge >= 0.3 is 0 Å². The van der Waals surface area contributed by atoms with E-state index in [1.807, 2.05) is 12.1 Å². The van der Waals surface area contributed by atoms with Crippen LogP contribution in [-0.4, -0.2) is 20.3 Å². The van der Waals surface area contributed by atoms with Gasteiger partial charge in [0.05, 0.1) is 25.3 Å². The molecule has 0 aliphatic heterocycles. The molecule has 100 valence electrons. The third-order valence-corrected chi connectivity index (χ3v) is 3.86.